The van der Waals surface area contributed by atoms with Crippen LogP contribution in [-0.4, -0.2) is 22.5 Å². The zero-order valence-electron chi connectivity index (χ0n) is 17.5. The van der Waals surface area contributed by atoms with Gasteiger partial charge in [0.25, 0.3) is 0 Å². The first-order chi connectivity index (χ1) is 13.6. The standard InChI is InChI=1S/C21H22FN3O4.K/c1-11(2)21(4,19(26)27)25-20(28)24-15-7-6-13(10-14(15)22)18-23-16-9-12(3)5-8-17(16)29-18;/h5-11H,1-4H3,(H,26,27)(H2,24,25,28);/q;+1/p-1. The number of hydrogen-bond acceptors (Lipinski definition) is 5. The number of rotatable bonds is 5. The molecule has 1 atom stereocenters. The van der Waals surface area contributed by atoms with Gasteiger partial charge >= 0.3 is 57.4 Å². The van der Waals surface area contributed by atoms with Crippen LogP contribution < -0.4 is 67.1 Å². The van der Waals surface area contributed by atoms with Crippen molar-refractivity contribution >= 4 is 28.8 Å². The number of fused-ring (bicyclic) bond motifs is 1. The van der Waals surface area contributed by atoms with Crippen molar-refractivity contribution in [2.24, 2.45) is 5.92 Å². The van der Waals surface area contributed by atoms with Crippen LogP contribution in [0.15, 0.2) is 40.8 Å². The molecule has 0 aliphatic rings. The van der Waals surface area contributed by atoms with Crippen LogP contribution in [0.4, 0.5) is 14.9 Å². The summed E-state index contributed by atoms with van der Waals surface area (Å²) in [6.07, 6.45) is 0. The van der Waals surface area contributed by atoms with E-state index in [0.717, 1.165) is 5.56 Å². The molecule has 152 valence electrons. The molecule has 0 fully saturated rings. The van der Waals surface area contributed by atoms with Crippen LogP contribution in [0.1, 0.15) is 26.3 Å². The van der Waals surface area contributed by atoms with Crippen LogP contribution >= 0.6 is 0 Å². The topological polar surface area (TPSA) is 107 Å². The molecule has 3 aromatic rings. The first kappa shape index (κ1) is 24.5. The molecule has 0 aliphatic carbocycles. The van der Waals surface area contributed by atoms with Gasteiger partial charge in [-0.2, -0.15) is 0 Å². The number of hydrogen-bond donors (Lipinski definition) is 2. The second-order valence-corrected chi connectivity index (χ2v) is 7.41. The number of nitrogens with zero attached hydrogens (tertiary/aromatic N) is 1. The Balaban J connectivity index is 0.00000320. The second-order valence-electron chi connectivity index (χ2n) is 7.41. The predicted molar refractivity (Wildman–Crippen MR) is 105 cm³/mol. The average Bonchev–Trinajstić information content (AvgIpc) is 3.06. The molecule has 9 heteroatoms. The molecule has 1 aromatic heterocycles. The van der Waals surface area contributed by atoms with E-state index in [1.807, 2.05) is 19.1 Å². The minimum atomic E-state index is -1.60. The van der Waals surface area contributed by atoms with Gasteiger partial charge in [-0.3, -0.25) is 0 Å². The van der Waals surface area contributed by atoms with Crippen molar-refractivity contribution < 1.29 is 74.9 Å². The number of amides is 2. The summed E-state index contributed by atoms with van der Waals surface area (Å²) in [4.78, 5) is 27.9. The van der Waals surface area contributed by atoms with Crippen LogP contribution in [-0.2, 0) is 4.79 Å². The molecule has 0 saturated carbocycles. The van der Waals surface area contributed by atoms with Gasteiger partial charge in [-0.15, -0.1) is 0 Å². The number of urea groups is 1. The fourth-order valence-corrected chi connectivity index (χ4v) is 2.73. The monoisotopic (exact) mass is 437 g/mol. The third kappa shape index (κ3) is 5.09. The maximum Gasteiger partial charge on any atom is 1.00 e. The van der Waals surface area contributed by atoms with Gasteiger partial charge < -0.3 is 25.0 Å². The average molecular weight is 438 g/mol. The molecule has 0 aliphatic heterocycles. The summed E-state index contributed by atoms with van der Waals surface area (Å²) in [6, 6.07) is 8.79. The molecule has 2 N–H and O–H groups in total. The van der Waals surface area contributed by atoms with E-state index in [-0.39, 0.29) is 63.0 Å². The molecule has 7 nitrogen and oxygen atoms in total. The summed E-state index contributed by atoms with van der Waals surface area (Å²) in [7, 11) is 0. The fraction of sp³-hybridized carbons (Fsp3) is 0.286. The van der Waals surface area contributed by atoms with Crippen LogP contribution in [0.3, 0.4) is 0 Å². The number of aliphatic carboxylic acids is 1. The number of halogens is 1. The van der Waals surface area contributed by atoms with Crippen molar-refractivity contribution in [2.75, 3.05) is 5.32 Å². The fourth-order valence-electron chi connectivity index (χ4n) is 2.73. The van der Waals surface area contributed by atoms with E-state index < -0.39 is 29.3 Å². The van der Waals surface area contributed by atoms with Crippen LogP contribution in [0.25, 0.3) is 22.6 Å². The Labute approximate surface area is 215 Å². The molecule has 0 saturated heterocycles. The van der Waals surface area contributed by atoms with E-state index >= 15 is 0 Å². The molecular weight excluding hydrogens is 416 g/mol. The molecule has 0 bridgehead atoms. The number of carboxylic acids is 1. The summed E-state index contributed by atoms with van der Waals surface area (Å²) >= 11 is 0. The smallest absolute Gasteiger partial charge is 0.548 e. The van der Waals surface area contributed by atoms with Crippen molar-refractivity contribution in [3.63, 3.8) is 0 Å². The SMILES string of the molecule is Cc1ccc2oc(-c3ccc(NC(=O)NC(C)(C(=O)[O-])C(C)C)c(F)c3)nc2c1.[K+]. The Hall–Kier alpha value is -1.78. The Morgan fingerprint density at radius 1 is 1.20 bits per heavy atom. The molecule has 0 spiro atoms. The van der Waals surface area contributed by atoms with Crippen molar-refractivity contribution in [1.29, 1.82) is 0 Å². The van der Waals surface area contributed by atoms with E-state index in [0.29, 0.717) is 16.7 Å². The van der Waals surface area contributed by atoms with Crippen LogP contribution in [0.5, 0.6) is 0 Å². The molecular formula is C21H21FKN3O4. The Kier molecular flexibility index (Phi) is 7.81. The molecule has 1 unspecified atom stereocenters. The van der Waals surface area contributed by atoms with Crippen molar-refractivity contribution in [3.8, 4) is 11.5 Å². The van der Waals surface area contributed by atoms with E-state index in [9.17, 15) is 19.1 Å². The quantitative estimate of drug-likeness (QED) is 0.556. The minimum Gasteiger partial charge on any atom is -0.548 e. The number of nitrogens with one attached hydrogen (secondary N) is 2. The Morgan fingerprint density at radius 2 is 1.90 bits per heavy atom. The summed E-state index contributed by atoms with van der Waals surface area (Å²) < 4.78 is 20.2. The van der Waals surface area contributed by atoms with Gasteiger partial charge in [0.15, 0.2) is 5.58 Å². The van der Waals surface area contributed by atoms with E-state index in [2.05, 4.69) is 15.6 Å². The number of benzene rings is 2. The molecule has 30 heavy (non-hydrogen) atoms. The third-order valence-corrected chi connectivity index (χ3v) is 4.96. The maximum atomic E-state index is 14.5. The first-order valence-electron chi connectivity index (χ1n) is 9.08. The molecule has 3 rings (SSSR count). The number of aryl methyl sites for hydroxylation is 1. The summed E-state index contributed by atoms with van der Waals surface area (Å²) in [5, 5.41) is 16.0. The normalized spacial score (nSPS) is 12.9. The zero-order chi connectivity index (χ0) is 21.3. The van der Waals surface area contributed by atoms with Crippen LogP contribution in [0, 0.1) is 18.7 Å². The summed E-state index contributed by atoms with van der Waals surface area (Å²) in [6.45, 7) is 6.53. The minimum absolute atomic E-state index is 0. The third-order valence-electron chi connectivity index (χ3n) is 4.96. The summed E-state index contributed by atoms with van der Waals surface area (Å²) in [5.74, 6) is -2.32. The van der Waals surface area contributed by atoms with Gasteiger partial charge in [0.1, 0.15) is 11.3 Å². The van der Waals surface area contributed by atoms with Gasteiger partial charge in [-0.05, 0) is 55.7 Å². The number of carboxylic acid groups (broad SMARTS) is 1. The molecule has 2 aromatic carbocycles. The summed E-state index contributed by atoms with van der Waals surface area (Å²) in [5.41, 5.74) is 0.974. The predicted octanol–water partition coefficient (Wildman–Crippen LogP) is 0.232. The Morgan fingerprint density at radius 3 is 2.50 bits per heavy atom. The Bertz CT molecular complexity index is 1100. The number of anilines is 1. The van der Waals surface area contributed by atoms with Crippen molar-refractivity contribution in [1.82, 2.24) is 10.3 Å². The van der Waals surface area contributed by atoms with E-state index in [4.69, 9.17) is 4.42 Å². The van der Waals surface area contributed by atoms with Crippen LogP contribution in [0.2, 0.25) is 0 Å². The molecule has 1 heterocycles. The number of oxazole rings is 1. The van der Waals surface area contributed by atoms with Gasteiger partial charge in [-0.1, -0.05) is 19.9 Å². The van der Waals surface area contributed by atoms with Gasteiger partial charge in [0, 0.05) is 5.56 Å². The number of aromatic nitrogens is 1. The van der Waals surface area contributed by atoms with Crippen molar-refractivity contribution in [3.05, 3.63) is 47.8 Å². The van der Waals surface area contributed by atoms with E-state index in [1.54, 1.807) is 26.0 Å². The number of carbonyl (C=O) groups is 2. The van der Waals surface area contributed by atoms with Gasteiger partial charge in [0.05, 0.1) is 17.2 Å². The van der Waals surface area contributed by atoms with E-state index in [1.165, 1.54) is 19.1 Å². The molecule has 2 amide bonds. The van der Waals surface area contributed by atoms with Gasteiger partial charge in [-0.25, -0.2) is 14.2 Å². The second kappa shape index (κ2) is 9.57. The van der Waals surface area contributed by atoms with Crippen molar-refractivity contribution in [2.45, 2.75) is 33.2 Å². The largest absolute Gasteiger partial charge is 1.00 e. The van der Waals surface area contributed by atoms with Gasteiger partial charge in [0.2, 0.25) is 5.89 Å². The zero-order valence-corrected chi connectivity index (χ0v) is 20.6. The number of carbonyl (C=O) groups excluding carboxylic acids is 2. The first-order valence-corrected chi connectivity index (χ1v) is 9.08. The maximum absolute atomic E-state index is 14.5. The molecule has 0 radical (unpaired) electrons.